The number of carbonyl (C=O) groups is 3. The number of ether oxygens (including phenoxy) is 1. The molecule has 1 aromatic carbocycles. The number of hydrogen-bond acceptors (Lipinski definition) is 5. The summed E-state index contributed by atoms with van der Waals surface area (Å²) in [6.07, 6.45) is 4.15. The van der Waals surface area contributed by atoms with Crippen LogP contribution in [0.3, 0.4) is 0 Å². The van der Waals surface area contributed by atoms with E-state index in [1.54, 1.807) is 31.2 Å². The average Bonchev–Trinajstić information content (AvgIpc) is 3.21. The summed E-state index contributed by atoms with van der Waals surface area (Å²) in [6.45, 7) is 0.287. The highest BCUT2D eigenvalue weighted by Gasteiger charge is 2.37. The number of benzene rings is 1. The van der Waals surface area contributed by atoms with Gasteiger partial charge >= 0.3 is 6.03 Å². The Kier molecular flexibility index (Phi) is 5.93. The second-order valence-electron chi connectivity index (χ2n) is 6.58. The second-order valence-corrected chi connectivity index (χ2v) is 6.58. The van der Waals surface area contributed by atoms with Crippen LogP contribution in [0.4, 0.5) is 10.5 Å². The standard InChI is InChI=1S/C19H23N5O4/c1-23-12-14(11-20-23)21-17(25)8-7-16-18(26)24(19(27)22-16)10-9-13-3-5-15(28-2)6-4-13/h3-6,11-12,16H,7-10H2,1-2H3,(H,21,25)(H,22,27)/t16-/m1/s1. The molecule has 0 bridgehead atoms. The van der Waals surface area contributed by atoms with Gasteiger partial charge in [-0.3, -0.25) is 19.2 Å². The molecule has 9 heteroatoms. The van der Waals surface area contributed by atoms with Crippen molar-refractivity contribution in [1.82, 2.24) is 20.0 Å². The molecular weight excluding hydrogens is 362 g/mol. The number of urea groups is 1. The molecule has 1 aliphatic rings. The van der Waals surface area contributed by atoms with Gasteiger partial charge in [-0.25, -0.2) is 4.79 Å². The average molecular weight is 385 g/mol. The van der Waals surface area contributed by atoms with Gasteiger partial charge in [0.15, 0.2) is 0 Å². The summed E-state index contributed by atoms with van der Waals surface area (Å²) in [5.74, 6) is 0.225. The highest BCUT2D eigenvalue weighted by atomic mass is 16.5. The van der Waals surface area contributed by atoms with Crippen LogP contribution in [0.25, 0.3) is 0 Å². The molecule has 9 nitrogen and oxygen atoms in total. The molecule has 1 saturated heterocycles. The molecule has 2 heterocycles. The smallest absolute Gasteiger partial charge is 0.324 e. The molecule has 1 aliphatic heterocycles. The molecule has 3 rings (SSSR count). The van der Waals surface area contributed by atoms with Gasteiger partial charge in [0.05, 0.1) is 19.0 Å². The Morgan fingerprint density at radius 1 is 1.29 bits per heavy atom. The Balaban J connectivity index is 1.47. The molecular formula is C19H23N5O4. The molecule has 0 radical (unpaired) electrons. The molecule has 1 atom stereocenters. The normalized spacial score (nSPS) is 16.2. The van der Waals surface area contributed by atoms with E-state index in [1.165, 1.54) is 4.90 Å². The third-order valence-electron chi connectivity index (χ3n) is 4.54. The zero-order chi connectivity index (χ0) is 20.1. The third-order valence-corrected chi connectivity index (χ3v) is 4.54. The van der Waals surface area contributed by atoms with E-state index in [2.05, 4.69) is 15.7 Å². The van der Waals surface area contributed by atoms with Crippen molar-refractivity contribution in [3.05, 3.63) is 42.2 Å². The van der Waals surface area contributed by atoms with Gasteiger partial charge in [-0.05, 0) is 30.5 Å². The lowest BCUT2D eigenvalue weighted by atomic mass is 10.1. The van der Waals surface area contributed by atoms with Crippen LogP contribution < -0.4 is 15.4 Å². The molecule has 1 aromatic heterocycles. The Hall–Kier alpha value is -3.36. The number of methoxy groups -OCH3 is 1. The van der Waals surface area contributed by atoms with Crippen LogP contribution in [0.5, 0.6) is 5.75 Å². The first-order valence-corrected chi connectivity index (χ1v) is 8.99. The SMILES string of the molecule is COc1ccc(CCN2C(=O)N[C@H](CCC(=O)Nc3cnn(C)c3)C2=O)cc1. The predicted molar refractivity (Wildman–Crippen MR) is 102 cm³/mol. The zero-order valence-electron chi connectivity index (χ0n) is 15.8. The summed E-state index contributed by atoms with van der Waals surface area (Å²) in [4.78, 5) is 37.8. The molecule has 0 spiro atoms. The van der Waals surface area contributed by atoms with E-state index in [9.17, 15) is 14.4 Å². The van der Waals surface area contributed by atoms with Crippen LogP contribution >= 0.6 is 0 Å². The van der Waals surface area contributed by atoms with Crippen LogP contribution in [0.15, 0.2) is 36.7 Å². The van der Waals surface area contributed by atoms with Gasteiger partial charge < -0.3 is 15.4 Å². The molecule has 2 N–H and O–H groups in total. The number of hydrogen-bond donors (Lipinski definition) is 2. The summed E-state index contributed by atoms with van der Waals surface area (Å²) < 4.78 is 6.69. The number of amides is 4. The van der Waals surface area contributed by atoms with Gasteiger partial charge in [-0.15, -0.1) is 0 Å². The molecule has 1 fully saturated rings. The number of aryl methyl sites for hydroxylation is 1. The maximum absolute atomic E-state index is 12.5. The highest BCUT2D eigenvalue weighted by molar-refractivity contribution is 6.04. The fraction of sp³-hybridized carbons (Fsp3) is 0.368. The van der Waals surface area contributed by atoms with Crippen LogP contribution in [0.2, 0.25) is 0 Å². The fourth-order valence-electron chi connectivity index (χ4n) is 3.00. The van der Waals surface area contributed by atoms with Crippen LogP contribution in [0.1, 0.15) is 18.4 Å². The summed E-state index contributed by atoms with van der Waals surface area (Å²) in [7, 11) is 3.35. The molecule has 4 amide bonds. The van der Waals surface area contributed by atoms with Crippen molar-refractivity contribution in [2.24, 2.45) is 7.05 Å². The van der Waals surface area contributed by atoms with Crippen molar-refractivity contribution in [2.75, 3.05) is 19.0 Å². The lowest BCUT2D eigenvalue weighted by molar-refractivity contribution is -0.127. The van der Waals surface area contributed by atoms with E-state index in [1.807, 2.05) is 24.3 Å². The largest absolute Gasteiger partial charge is 0.497 e. The van der Waals surface area contributed by atoms with E-state index in [4.69, 9.17) is 4.74 Å². The maximum atomic E-state index is 12.5. The molecule has 0 aliphatic carbocycles. The van der Waals surface area contributed by atoms with Crippen molar-refractivity contribution in [2.45, 2.75) is 25.3 Å². The number of nitrogens with zero attached hydrogens (tertiary/aromatic N) is 3. The zero-order valence-corrected chi connectivity index (χ0v) is 15.8. The van der Waals surface area contributed by atoms with E-state index < -0.39 is 12.1 Å². The number of carbonyl (C=O) groups excluding carboxylic acids is 3. The summed E-state index contributed by atoms with van der Waals surface area (Å²) in [5, 5.41) is 9.33. The monoisotopic (exact) mass is 385 g/mol. The van der Waals surface area contributed by atoms with E-state index in [0.717, 1.165) is 11.3 Å². The molecule has 0 saturated carbocycles. The topological polar surface area (TPSA) is 106 Å². The molecule has 28 heavy (non-hydrogen) atoms. The number of nitrogens with one attached hydrogen (secondary N) is 2. The quantitative estimate of drug-likeness (QED) is 0.667. The summed E-state index contributed by atoms with van der Waals surface area (Å²) in [5.41, 5.74) is 1.59. The van der Waals surface area contributed by atoms with E-state index >= 15 is 0 Å². The maximum Gasteiger partial charge on any atom is 0.324 e. The first kappa shape index (κ1) is 19.4. The summed E-state index contributed by atoms with van der Waals surface area (Å²) in [6, 6.07) is 6.38. The second kappa shape index (κ2) is 8.55. The van der Waals surface area contributed by atoms with Gasteiger partial charge in [0.25, 0.3) is 5.91 Å². The van der Waals surface area contributed by atoms with Crippen LogP contribution in [0, 0.1) is 0 Å². The van der Waals surface area contributed by atoms with Crippen molar-refractivity contribution in [1.29, 1.82) is 0 Å². The first-order valence-electron chi connectivity index (χ1n) is 8.99. The fourth-order valence-corrected chi connectivity index (χ4v) is 3.00. The van der Waals surface area contributed by atoms with E-state index in [-0.39, 0.29) is 31.2 Å². The minimum absolute atomic E-state index is 0.123. The third kappa shape index (κ3) is 4.67. The van der Waals surface area contributed by atoms with Gasteiger partial charge in [0.2, 0.25) is 5.91 Å². The van der Waals surface area contributed by atoms with Gasteiger partial charge in [-0.2, -0.15) is 5.10 Å². The number of rotatable bonds is 8. The molecule has 2 aromatic rings. The minimum Gasteiger partial charge on any atom is -0.497 e. The van der Waals surface area contributed by atoms with Gasteiger partial charge in [0, 0.05) is 26.2 Å². The number of anilines is 1. The van der Waals surface area contributed by atoms with Crippen molar-refractivity contribution in [3.8, 4) is 5.75 Å². The van der Waals surface area contributed by atoms with E-state index in [0.29, 0.717) is 12.1 Å². The van der Waals surface area contributed by atoms with Gasteiger partial charge in [0.1, 0.15) is 11.8 Å². The lowest BCUT2D eigenvalue weighted by Gasteiger charge is -2.13. The van der Waals surface area contributed by atoms with Crippen molar-refractivity contribution >= 4 is 23.5 Å². The van der Waals surface area contributed by atoms with Crippen LogP contribution in [-0.4, -0.2) is 52.2 Å². The molecule has 0 unspecified atom stereocenters. The summed E-state index contributed by atoms with van der Waals surface area (Å²) >= 11 is 0. The first-order chi connectivity index (χ1) is 13.5. The highest BCUT2D eigenvalue weighted by Crippen LogP contribution is 2.15. The van der Waals surface area contributed by atoms with Crippen molar-refractivity contribution in [3.63, 3.8) is 0 Å². The predicted octanol–water partition coefficient (Wildman–Crippen LogP) is 1.31. The Morgan fingerprint density at radius 3 is 2.68 bits per heavy atom. The number of aromatic nitrogens is 2. The number of imide groups is 1. The van der Waals surface area contributed by atoms with Crippen molar-refractivity contribution < 1.29 is 19.1 Å². The van der Waals surface area contributed by atoms with Gasteiger partial charge in [-0.1, -0.05) is 12.1 Å². The van der Waals surface area contributed by atoms with Crippen LogP contribution in [-0.2, 0) is 23.1 Å². The lowest BCUT2D eigenvalue weighted by Crippen LogP contribution is -2.33. The molecule has 148 valence electrons. The Morgan fingerprint density at radius 2 is 2.04 bits per heavy atom. The Labute approximate surface area is 162 Å². The minimum atomic E-state index is -0.678. The Bertz CT molecular complexity index is 861.